The quantitative estimate of drug-likeness (QED) is 0.248. The highest BCUT2D eigenvalue weighted by atomic mass is 35.5. The molecule has 0 spiro atoms. The molecule has 2 N–H and O–H groups in total. The fourth-order valence-electron chi connectivity index (χ4n) is 6.80. The predicted octanol–water partition coefficient (Wildman–Crippen LogP) is 5.11. The summed E-state index contributed by atoms with van der Waals surface area (Å²) >= 11 is 6.29. The van der Waals surface area contributed by atoms with Crippen molar-refractivity contribution in [3.63, 3.8) is 0 Å². The minimum atomic E-state index is -4.68. The summed E-state index contributed by atoms with van der Waals surface area (Å²) in [5, 5.41) is 6.91. The Kier molecular flexibility index (Phi) is 10.5. The van der Waals surface area contributed by atoms with Crippen LogP contribution in [0, 0.1) is 5.92 Å². The van der Waals surface area contributed by atoms with Gasteiger partial charge in [-0.2, -0.15) is 13.2 Å². The zero-order valence-electron chi connectivity index (χ0n) is 27.5. The lowest BCUT2D eigenvalue weighted by Gasteiger charge is -2.38. The second kappa shape index (κ2) is 15.0. The molecule has 2 aliphatic heterocycles. The topological polar surface area (TPSA) is 119 Å². The molecule has 0 saturated carbocycles. The monoisotopic (exact) mass is 710 g/mol. The van der Waals surface area contributed by atoms with E-state index in [-0.39, 0.29) is 52.7 Å². The van der Waals surface area contributed by atoms with Gasteiger partial charge in [-0.25, -0.2) is 9.48 Å². The number of nitrogens with one attached hydrogen (secondary N) is 2. The van der Waals surface area contributed by atoms with E-state index in [1.165, 1.54) is 17.8 Å². The number of aromatic nitrogens is 4. The number of amides is 2. The molecule has 1 atom stereocenters. The maximum absolute atomic E-state index is 14.1. The van der Waals surface area contributed by atoms with Crippen molar-refractivity contribution in [2.45, 2.75) is 37.9 Å². The van der Waals surface area contributed by atoms with Crippen LogP contribution in [0.1, 0.15) is 36.4 Å². The van der Waals surface area contributed by atoms with Crippen molar-refractivity contribution in [2.24, 2.45) is 5.92 Å². The van der Waals surface area contributed by atoms with Crippen LogP contribution in [-0.2, 0) is 22.2 Å². The van der Waals surface area contributed by atoms with Crippen LogP contribution in [0.3, 0.4) is 0 Å². The molecule has 50 heavy (non-hydrogen) atoms. The number of aromatic amines is 1. The molecule has 2 saturated heterocycles. The summed E-state index contributed by atoms with van der Waals surface area (Å²) in [4.78, 5) is 52.9. The maximum atomic E-state index is 14.1. The number of carbonyl (C=O) groups is 2. The van der Waals surface area contributed by atoms with Crippen molar-refractivity contribution in [3.8, 4) is 11.4 Å². The van der Waals surface area contributed by atoms with Crippen LogP contribution in [-0.4, -0.2) is 87.7 Å². The van der Waals surface area contributed by atoms with Gasteiger partial charge in [-0.1, -0.05) is 41.9 Å². The van der Waals surface area contributed by atoms with Crippen LogP contribution in [0.2, 0.25) is 5.02 Å². The zero-order chi connectivity index (χ0) is 35.4. The molecule has 2 aromatic carbocycles. The molecule has 0 unspecified atom stereocenters. The standard InChI is InChI=1S/C35H38ClF3N8O3/c1-40-31-28(35(37,38)39)20-23(21-29(31)36)19-25(33(49)46-17-15-44(16-18-46)26-7-11-41-12-8-26)22-30(48)45-13-9-27(10-14-45)47-34(50)42-32(43-47)24-5-3-2-4-6-24/h2-8,11-12,20-21,25,27,40H,9-10,13-19,22H2,1H3,(H,42,43,50)/t25-/m0/s1. The van der Waals surface area contributed by atoms with E-state index in [2.05, 4.69) is 25.3 Å². The van der Waals surface area contributed by atoms with E-state index in [0.717, 1.165) is 17.3 Å². The number of likely N-dealkylation sites (tertiary alicyclic amines) is 1. The molecule has 15 heteroatoms. The van der Waals surface area contributed by atoms with Gasteiger partial charge >= 0.3 is 11.9 Å². The van der Waals surface area contributed by atoms with E-state index < -0.39 is 17.7 Å². The van der Waals surface area contributed by atoms with Gasteiger partial charge < -0.3 is 20.0 Å². The van der Waals surface area contributed by atoms with Crippen LogP contribution in [0.25, 0.3) is 11.4 Å². The third-order valence-corrected chi connectivity index (χ3v) is 9.73. The van der Waals surface area contributed by atoms with Crippen molar-refractivity contribution in [3.05, 3.63) is 93.6 Å². The number of nitrogens with zero attached hydrogens (tertiary/aromatic N) is 6. The Bertz CT molecular complexity index is 1850. The Morgan fingerprint density at radius 3 is 2.30 bits per heavy atom. The van der Waals surface area contributed by atoms with Crippen molar-refractivity contribution >= 4 is 34.8 Å². The Morgan fingerprint density at radius 1 is 0.980 bits per heavy atom. The molecule has 4 heterocycles. The summed E-state index contributed by atoms with van der Waals surface area (Å²) in [5.74, 6) is -1.01. The Hall–Kier alpha value is -4.85. The van der Waals surface area contributed by atoms with E-state index >= 15 is 0 Å². The smallest absolute Gasteiger partial charge is 0.386 e. The first-order valence-corrected chi connectivity index (χ1v) is 16.9. The van der Waals surface area contributed by atoms with E-state index in [4.69, 9.17) is 11.6 Å². The Morgan fingerprint density at radius 2 is 1.66 bits per heavy atom. The Balaban J connectivity index is 1.17. The lowest BCUT2D eigenvalue weighted by Crippen LogP contribution is -2.51. The number of alkyl halides is 3. The summed E-state index contributed by atoms with van der Waals surface area (Å²) in [6.07, 6.45) is -0.589. The molecule has 2 fully saturated rings. The zero-order valence-corrected chi connectivity index (χ0v) is 28.3. The van der Waals surface area contributed by atoms with Crippen LogP contribution in [0.4, 0.5) is 24.5 Å². The number of carbonyl (C=O) groups excluding carboxylic acids is 2. The van der Waals surface area contributed by atoms with Gasteiger partial charge in [-0.15, -0.1) is 5.10 Å². The average Bonchev–Trinajstić information content (AvgIpc) is 3.52. The molecular formula is C35H38ClF3N8O3. The molecule has 0 radical (unpaired) electrons. The van der Waals surface area contributed by atoms with Gasteiger partial charge in [0.25, 0.3) is 0 Å². The summed E-state index contributed by atoms with van der Waals surface area (Å²) in [7, 11) is 1.36. The normalized spacial score (nSPS) is 16.4. The maximum Gasteiger partial charge on any atom is 0.418 e. The van der Waals surface area contributed by atoms with Gasteiger partial charge in [0.05, 0.1) is 28.2 Å². The summed E-state index contributed by atoms with van der Waals surface area (Å²) in [6.45, 7) is 2.60. The van der Waals surface area contributed by atoms with E-state index in [1.54, 1.807) is 22.2 Å². The highest BCUT2D eigenvalue weighted by Gasteiger charge is 2.37. The van der Waals surface area contributed by atoms with Crippen molar-refractivity contribution in [1.82, 2.24) is 29.5 Å². The van der Waals surface area contributed by atoms with Gasteiger partial charge in [-0.3, -0.25) is 19.6 Å². The fourth-order valence-corrected chi connectivity index (χ4v) is 7.13. The third kappa shape index (κ3) is 7.80. The molecule has 11 nitrogen and oxygen atoms in total. The number of hydrogen-bond acceptors (Lipinski definition) is 7. The van der Waals surface area contributed by atoms with E-state index in [0.29, 0.717) is 57.9 Å². The first-order valence-electron chi connectivity index (χ1n) is 16.5. The highest BCUT2D eigenvalue weighted by Crippen LogP contribution is 2.40. The van der Waals surface area contributed by atoms with E-state index in [1.807, 2.05) is 42.5 Å². The summed E-state index contributed by atoms with van der Waals surface area (Å²) in [6, 6.07) is 15.3. The fraction of sp³-hybridized carbons (Fsp3) is 0.400. The summed E-state index contributed by atoms with van der Waals surface area (Å²) in [5.41, 5.74) is 0.475. The third-order valence-electron chi connectivity index (χ3n) is 9.43. The molecule has 2 aromatic heterocycles. The number of H-pyrrole nitrogens is 1. The molecular weight excluding hydrogens is 673 g/mol. The first kappa shape index (κ1) is 35.0. The lowest BCUT2D eigenvalue weighted by atomic mass is 9.92. The number of hydrogen-bond donors (Lipinski definition) is 2. The number of piperazine rings is 1. The second-order valence-electron chi connectivity index (χ2n) is 12.6. The number of anilines is 2. The molecule has 2 aliphatic rings. The minimum Gasteiger partial charge on any atom is -0.386 e. The lowest BCUT2D eigenvalue weighted by molar-refractivity contribution is -0.142. The Labute approximate surface area is 292 Å². The predicted molar refractivity (Wildman–Crippen MR) is 184 cm³/mol. The van der Waals surface area contributed by atoms with Crippen LogP contribution < -0.4 is 15.9 Å². The van der Waals surface area contributed by atoms with Gasteiger partial charge in [0, 0.05) is 76.4 Å². The molecule has 0 aliphatic carbocycles. The number of pyridine rings is 1. The number of rotatable bonds is 9. The molecule has 2 amide bonds. The van der Waals surface area contributed by atoms with Crippen LogP contribution in [0.15, 0.2) is 71.8 Å². The number of halogens is 4. The second-order valence-corrected chi connectivity index (χ2v) is 13.0. The van der Waals surface area contributed by atoms with Crippen molar-refractivity contribution < 1.29 is 22.8 Å². The summed E-state index contributed by atoms with van der Waals surface area (Å²) < 4.78 is 43.5. The largest absolute Gasteiger partial charge is 0.418 e. The molecule has 6 rings (SSSR count). The average molecular weight is 711 g/mol. The van der Waals surface area contributed by atoms with Gasteiger partial charge in [-0.05, 0) is 49.1 Å². The minimum absolute atomic E-state index is 0.0939. The number of piperidine rings is 1. The number of benzene rings is 2. The molecule has 0 bridgehead atoms. The first-order chi connectivity index (χ1) is 24.0. The van der Waals surface area contributed by atoms with Crippen molar-refractivity contribution in [1.29, 1.82) is 0 Å². The van der Waals surface area contributed by atoms with Crippen molar-refractivity contribution in [2.75, 3.05) is 56.5 Å². The van der Waals surface area contributed by atoms with Gasteiger partial charge in [0.1, 0.15) is 0 Å². The molecule has 264 valence electrons. The van der Waals surface area contributed by atoms with Gasteiger partial charge in [0.2, 0.25) is 11.8 Å². The van der Waals surface area contributed by atoms with Crippen LogP contribution >= 0.6 is 11.6 Å². The van der Waals surface area contributed by atoms with Gasteiger partial charge in [0.15, 0.2) is 5.82 Å². The highest BCUT2D eigenvalue weighted by molar-refractivity contribution is 6.33. The SMILES string of the molecule is CNc1c(Cl)cc(C[C@@H](CC(=O)N2CCC(n3nc(-c4ccccc4)[nH]c3=O)CC2)C(=O)N2CCN(c3ccncc3)CC2)cc1C(F)(F)F. The van der Waals surface area contributed by atoms with Crippen LogP contribution in [0.5, 0.6) is 0 Å². The molecule has 4 aromatic rings. The van der Waals surface area contributed by atoms with E-state index in [9.17, 15) is 27.6 Å².